The molecule has 0 radical (unpaired) electrons. The number of carboxylic acid groups (broad SMARTS) is 1. The van der Waals surface area contributed by atoms with Gasteiger partial charge in [-0.2, -0.15) is 13.2 Å². The first-order valence-electron chi connectivity index (χ1n) is 10.3. The zero-order valence-electron chi connectivity index (χ0n) is 18.1. The number of nitrogens with zero attached hydrogens (tertiary/aromatic N) is 3. The SMILES string of the molecule is CC(C)CC(=O)N1CC2(CC(COc3ccccn3)CCN2C)C1.O=C(O)C(F)(F)F. The van der Waals surface area contributed by atoms with Crippen LogP contribution in [0.1, 0.15) is 33.1 Å². The van der Waals surface area contributed by atoms with Gasteiger partial charge in [-0.1, -0.05) is 19.9 Å². The van der Waals surface area contributed by atoms with Crippen molar-refractivity contribution in [2.24, 2.45) is 11.8 Å². The lowest BCUT2D eigenvalue weighted by atomic mass is 9.75. The second-order valence-corrected chi connectivity index (χ2v) is 8.63. The number of alkyl halides is 3. The number of carbonyl (C=O) groups excluding carboxylic acids is 1. The van der Waals surface area contributed by atoms with Crippen molar-refractivity contribution < 1.29 is 32.6 Å². The van der Waals surface area contributed by atoms with Gasteiger partial charge in [0.15, 0.2) is 0 Å². The van der Waals surface area contributed by atoms with Crippen molar-refractivity contribution in [3.8, 4) is 5.88 Å². The predicted octanol–water partition coefficient (Wildman–Crippen LogP) is 3.06. The fourth-order valence-electron chi connectivity index (χ4n) is 3.88. The molecule has 10 heteroatoms. The van der Waals surface area contributed by atoms with E-state index in [0.29, 0.717) is 36.7 Å². The highest BCUT2D eigenvalue weighted by Gasteiger charge is 2.50. The number of hydrogen-bond acceptors (Lipinski definition) is 5. The van der Waals surface area contributed by atoms with E-state index in [4.69, 9.17) is 14.6 Å². The average molecular weight is 445 g/mol. The number of halogens is 3. The van der Waals surface area contributed by atoms with Crippen LogP contribution in [-0.4, -0.2) is 76.8 Å². The van der Waals surface area contributed by atoms with Crippen molar-refractivity contribution in [3.63, 3.8) is 0 Å². The van der Waals surface area contributed by atoms with Gasteiger partial charge in [-0.15, -0.1) is 0 Å². The van der Waals surface area contributed by atoms with Gasteiger partial charge in [-0.3, -0.25) is 9.69 Å². The minimum Gasteiger partial charge on any atom is -0.477 e. The minimum atomic E-state index is -5.08. The Morgan fingerprint density at radius 1 is 1.32 bits per heavy atom. The van der Waals surface area contributed by atoms with Crippen LogP contribution in [0.25, 0.3) is 0 Å². The molecule has 31 heavy (non-hydrogen) atoms. The molecule has 0 saturated carbocycles. The number of aromatic nitrogens is 1. The Balaban J connectivity index is 0.000000423. The van der Waals surface area contributed by atoms with E-state index in [1.165, 1.54) is 0 Å². The van der Waals surface area contributed by atoms with Crippen LogP contribution in [0.15, 0.2) is 24.4 Å². The van der Waals surface area contributed by atoms with Crippen LogP contribution in [0, 0.1) is 11.8 Å². The maximum atomic E-state index is 12.2. The van der Waals surface area contributed by atoms with Gasteiger partial charge in [0.25, 0.3) is 0 Å². The van der Waals surface area contributed by atoms with Gasteiger partial charge in [0.2, 0.25) is 11.8 Å². The first-order valence-corrected chi connectivity index (χ1v) is 10.3. The van der Waals surface area contributed by atoms with Crippen molar-refractivity contribution >= 4 is 11.9 Å². The van der Waals surface area contributed by atoms with Gasteiger partial charge in [0, 0.05) is 31.8 Å². The standard InChI is InChI=1S/C19H29N3O2.C2HF3O2/c1-15(2)10-18(23)22-13-19(14-22)11-16(7-9-21(19)3)12-24-17-6-4-5-8-20-17;3-2(4,5)1(6)7/h4-6,8,15-16H,7,9-14H2,1-3H3;(H,6,7). The molecule has 0 aliphatic carbocycles. The molecule has 0 bridgehead atoms. The van der Waals surface area contributed by atoms with Crippen LogP contribution < -0.4 is 4.74 Å². The smallest absolute Gasteiger partial charge is 0.477 e. The molecule has 1 aromatic heterocycles. The summed E-state index contributed by atoms with van der Waals surface area (Å²) in [7, 11) is 2.19. The third-order valence-corrected chi connectivity index (χ3v) is 5.60. The monoisotopic (exact) mass is 445 g/mol. The van der Waals surface area contributed by atoms with Gasteiger partial charge in [0.05, 0.1) is 12.1 Å². The van der Waals surface area contributed by atoms with Crippen molar-refractivity contribution in [3.05, 3.63) is 24.4 Å². The summed E-state index contributed by atoms with van der Waals surface area (Å²) in [4.78, 5) is 29.8. The molecule has 1 N–H and O–H groups in total. The lowest BCUT2D eigenvalue weighted by Gasteiger charge is -2.58. The Bertz CT molecular complexity index is 737. The lowest BCUT2D eigenvalue weighted by molar-refractivity contribution is -0.192. The molecule has 2 saturated heterocycles. The molecule has 2 fully saturated rings. The minimum absolute atomic E-state index is 0.156. The normalized spacial score (nSPS) is 20.6. The number of hydrogen-bond donors (Lipinski definition) is 1. The molecule has 1 aromatic rings. The Morgan fingerprint density at radius 3 is 2.48 bits per heavy atom. The molecule has 1 spiro atoms. The molecule has 3 rings (SSSR count). The third kappa shape index (κ3) is 7.09. The van der Waals surface area contributed by atoms with E-state index in [9.17, 15) is 18.0 Å². The van der Waals surface area contributed by atoms with Crippen molar-refractivity contribution in [1.29, 1.82) is 0 Å². The summed E-state index contributed by atoms with van der Waals surface area (Å²) in [5, 5.41) is 7.12. The molecule has 2 aliphatic rings. The first-order chi connectivity index (χ1) is 14.4. The number of piperidine rings is 1. The number of pyridine rings is 1. The summed E-state index contributed by atoms with van der Waals surface area (Å²) in [5.74, 6) is -0.792. The van der Waals surface area contributed by atoms with E-state index in [1.807, 2.05) is 23.1 Å². The summed E-state index contributed by atoms with van der Waals surface area (Å²) in [5.41, 5.74) is 0.156. The predicted molar refractivity (Wildman–Crippen MR) is 108 cm³/mol. The van der Waals surface area contributed by atoms with E-state index in [0.717, 1.165) is 32.5 Å². The van der Waals surface area contributed by atoms with E-state index in [2.05, 4.69) is 30.8 Å². The van der Waals surface area contributed by atoms with E-state index >= 15 is 0 Å². The molecular formula is C21H30F3N3O4. The number of rotatable bonds is 5. The van der Waals surface area contributed by atoms with Crippen LogP contribution in [0.3, 0.4) is 0 Å². The second kappa shape index (κ2) is 10.3. The molecule has 2 aliphatic heterocycles. The molecule has 1 atom stereocenters. The molecule has 3 heterocycles. The van der Waals surface area contributed by atoms with Crippen LogP contribution in [0.4, 0.5) is 13.2 Å². The van der Waals surface area contributed by atoms with Crippen LogP contribution in [0.2, 0.25) is 0 Å². The fraction of sp³-hybridized carbons (Fsp3) is 0.667. The van der Waals surface area contributed by atoms with Gasteiger partial charge in [-0.05, 0) is 44.3 Å². The summed E-state index contributed by atoms with van der Waals surface area (Å²) in [6, 6.07) is 5.75. The first kappa shape index (κ1) is 24.9. The number of amides is 1. The fourth-order valence-corrected chi connectivity index (χ4v) is 3.88. The maximum Gasteiger partial charge on any atom is 0.490 e. The highest BCUT2D eigenvalue weighted by molar-refractivity contribution is 5.77. The highest BCUT2D eigenvalue weighted by atomic mass is 19.4. The number of likely N-dealkylation sites (tertiary alicyclic amines) is 2. The zero-order chi connectivity index (χ0) is 23.2. The van der Waals surface area contributed by atoms with Gasteiger partial charge in [0.1, 0.15) is 0 Å². The van der Waals surface area contributed by atoms with Crippen molar-refractivity contribution in [2.75, 3.05) is 33.3 Å². The quantitative estimate of drug-likeness (QED) is 0.750. The Labute approximate surface area is 180 Å². The number of aliphatic carboxylic acids is 1. The second-order valence-electron chi connectivity index (χ2n) is 8.63. The van der Waals surface area contributed by atoms with Gasteiger partial charge < -0.3 is 14.7 Å². The summed E-state index contributed by atoms with van der Waals surface area (Å²) in [6.07, 6.45) is -0.422. The maximum absolute atomic E-state index is 12.2. The van der Waals surface area contributed by atoms with Gasteiger partial charge >= 0.3 is 12.1 Å². The number of carboxylic acids is 1. The molecular weight excluding hydrogens is 415 g/mol. The highest BCUT2D eigenvalue weighted by Crippen LogP contribution is 2.38. The number of ether oxygens (including phenoxy) is 1. The molecule has 0 aromatic carbocycles. The molecule has 1 amide bonds. The van der Waals surface area contributed by atoms with Gasteiger partial charge in [-0.25, -0.2) is 9.78 Å². The summed E-state index contributed by atoms with van der Waals surface area (Å²) >= 11 is 0. The average Bonchev–Trinajstić information content (AvgIpc) is 2.65. The molecule has 1 unspecified atom stereocenters. The van der Waals surface area contributed by atoms with Crippen LogP contribution >= 0.6 is 0 Å². The molecule has 174 valence electrons. The Morgan fingerprint density at radius 2 is 1.97 bits per heavy atom. The van der Waals surface area contributed by atoms with E-state index in [-0.39, 0.29) is 5.54 Å². The number of carbonyl (C=O) groups is 2. The van der Waals surface area contributed by atoms with Crippen molar-refractivity contribution in [2.45, 2.75) is 44.8 Å². The lowest BCUT2D eigenvalue weighted by Crippen LogP contribution is -2.72. The molecule has 7 nitrogen and oxygen atoms in total. The summed E-state index contributed by atoms with van der Waals surface area (Å²) < 4.78 is 37.6. The Kier molecular flexibility index (Phi) is 8.27. The van der Waals surface area contributed by atoms with Crippen LogP contribution in [0.5, 0.6) is 5.88 Å². The summed E-state index contributed by atoms with van der Waals surface area (Å²) in [6.45, 7) is 7.73. The largest absolute Gasteiger partial charge is 0.490 e. The number of likely N-dealkylation sites (N-methyl/N-ethyl adjacent to an activating group) is 1. The van der Waals surface area contributed by atoms with E-state index in [1.54, 1.807) is 6.20 Å². The third-order valence-electron chi connectivity index (χ3n) is 5.60. The van der Waals surface area contributed by atoms with Crippen molar-refractivity contribution in [1.82, 2.24) is 14.8 Å². The van der Waals surface area contributed by atoms with E-state index < -0.39 is 12.1 Å². The Hall–Kier alpha value is -2.36. The zero-order valence-corrected chi connectivity index (χ0v) is 18.1. The topological polar surface area (TPSA) is 83.0 Å². The van der Waals surface area contributed by atoms with Crippen LogP contribution in [-0.2, 0) is 9.59 Å².